The third-order valence-electron chi connectivity index (χ3n) is 2.30. The van der Waals surface area contributed by atoms with E-state index in [1.807, 2.05) is 0 Å². The van der Waals surface area contributed by atoms with Gasteiger partial charge in [-0.15, -0.1) is 0 Å². The smallest absolute Gasteiger partial charge is 0.244 e. The largest absolute Gasteiger partial charge is 0.465 e. The molecule has 0 aliphatic rings. The molecule has 2 aromatic rings. The molecule has 8 nitrogen and oxygen atoms in total. The van der Waals surface area contributed by atoms with Crippen LogP contribution in [0, 0.1) is 6.92 Å². The second kappa shape index (κ2) is 5.34. The first kappa shape index (κ1) is 13.5. The summed E-state index contributed by atoms with van der Waals surface area (Å²) in [5.41, 5.74) is 2.21. The number of hydrogen-bond acceptors (Lipinski definition) is 7. The minimum Gasteiger partial charge on any atom is -0.465 e. The van der Waals surface area contributed by atoms with Crippen LogP contribution in [0.25, 0.3) is 0 Å². The van der Waals surface area contributed by atoms with Gasteiger partial charge in [0.1, 0.15) is 16.4 Å². The number of nitrogens with two attached hydrogens (primary N) is 1. The highest BCUT2D eigenvalue weighted by Gasteiger charge is 2.15. The fourth-order valence-electron chi connectivity index (χ4n) is 1.36. The summed E-state index contributed by atoms with van der Waals surface area (Å²) in [6, 6.07) is 3.46. The van der Waals surface area contributed by atoms with E-state index >= 15 is 0 Å². The van der Waals surface area contributed by atoms with Crippen LogP contribution in [0.3, 0.4) is 0 Å². The van der Waals surface area contributed by atoms with Crippen molar-refractivity contribution in [2.75, 3.05) is 5.43 Å². The molecule has 2 aromatic heterocycles. The van der Waals surface area contributed by atoms with Gasteiger partial charge in [0.25, 0.3) is 0 Å². The van der Waals surface area contributed by atoms with Crippen molar-refractivity contribution in [1.29, 1.82) is 0 Å². The van der Waals surface area contributed by atoms with Gasteiger partial charge in [-0.3, -0.25) is 5.43 Å². The van der Waals surface area contributed by atoms with E-state index in [0.29, 0.717) is 5.76 Å². The first-order chi connectivity index (χ1) is 9.01. The lowest BCUT2D eigenvalue weighted by atomic mass is 10.4. The van der Waals surface area contributed by atoms with Crippen molar-refractivity contribution in [3.05, 3.63) is 36.0 Å². The molecular formula is C10H13N5O3S. The molecule has 0 radical (unpaired) electrons. The molecule has 19 heavy (non-hydrogen) atoms. The fraction of sp³-hybridized carbons (Fsp3) is 0.200. The third kappa shape index (κ3) is 3.28. The van der Waals surface area contributed by atoms with Gasteiger partial charge in [0.15, 0.2) is 0 Å². The maximum atomic E-state index is 11.9. The number of hydrazine groups is 1. The van der Waals surface area contributed by atoms with Crippen LogP contribution >= 0.6 is 0 Å². The molecule has 0 aliphatic heterocycles. The van der Waals surface area contributed by atoms with Crippen molar-refractivity contribution in [1.82, 2.24) is 14.7 Å². The lowest BCUT2D eigenvalue weighted by molar-refractivity contribution is 0.475. The molecule has 0 spiro atoms. The van der Waals surface area contributed by atoms with Crippen LogP contribution in [-0.2, 0) is 16.6 Å². The summed E-state index contributed by atoms with van der Waals surface area (Å²) in [7, 11) is -3.68. The molecule has 0 amide bonds. The Balaban J connectivity index is 2.09. The second-order valence-corrected chi connectivity index (χ2v) is 5.49. The summed E-state index contributed by atoms with van der Waals surface area (Å²) in [4.78, 5) is 7.42. The number of nitrogen functional groups attached to an aromatic ring is 1. The highest BCUT2D eigenvalue weighted by Crippen LogP contribution is 2.10. The molecule has 102 valence electrons. The quantitative estimate of drug-likeness (QED) is 0.527. The highest BCUT2D eigenvalue weighted by atomic mass is 32.2. The number of aryl methyl sites for hydroxylation is 1. The van der Waals surface area contributed by atoms with Gasteiger partial charge in [-0.25, -0.2) is 29.0 Å². The van der Waals surface area contributed by atoms with E-state index in [1.54, 1.807) is 19.1 Å². The first-order valence-electron chi connectivity index (χ1n) is 5.35. The number of sulfonamides is 1. The average molecular weight is 283 g/mol. The van der Waals surface area contributed by atoms with Crippen molar-refractivity contribution in [3.63, 3.8) is 0 Å². The Morgan fingerprint density at radius 2 is 2.00 bits per heavy atom. The summed E-state index contributed by atoms with van der Waals surface area (Å²) in [6.07, 6.45) is 2.33. The van der Waals surface area contributed by atoms with Crippen LogP contribution < -0.4 is 16.0 Å². The first-order valence-corrected chi connectivity index (χ1v) is 6.83. The second-order valence-electron chi connectivity index (χ2n) is 3.72. The van der Waals surface area contributed by atoms with Gasteiger partial charge in [0, 0.05) is 0 Å². The van der Waals surface area contributed by atoms with Crippen LogP contribution in [0.2, 0.25) is 0 Å². The normalized spacial score (nSPS) is 11.5. The van der Waals surface area contributed by atoms with E-state index in [2.05, 4.69) is 20.1 Å². The monoisotopic (exact) mass is 283 g/mol. The molecule has 9 heteroatoms. The van der Waals surface area contributed by atoms with Crippen molar-refractivity contribution in [3.8, 4) is 0 Å². The zero-order valence-electron chi connectivity index (χ0n) is 10.1. The molecule has 0 saturated heterocycles. The van der Waals surface area contributed by atoms with Crippen molar-refractivity contribution >= 4 is 16.0 Å². The van der Waals surface area contributed by atoms with Gasteiger partial charge in [0.05, 0.1) is 18.9 Å². The van der Waals surface area contributed by atoms with Crippen LogP contribution in [0.5, 0.6) is 0 Å². The van der Waals surface area contributed by atoms with E-state index in [1.165, 1.54) is 0 Å². The van der Waals surface area contributed by atoms with E-state index in [-0.39, 0.29) is 17.4 Å². The predicted molar refractivity (Wildman–Crippen MR) is 67.3 cm³/mol. The van der Waals surface area contributed by atoms with Gasteiger partial charge >= 0.3 is 0 Å². The standard InChI is InChI=1S/C10H13N5O3S/c1-7-2-3-8(18-7)4-14-19(16,17)9-5-12-10(15-11)13-6-9/h2-3,5-6,14H,4,11H2,1H3,(H,12,13,15). The summed E-state index contributed by atoms with van der Waals surface area (Å²) < 4.78 is 31.5. The molecule has 2 heterocycles. The van der Waals surface area contributed by atoms with E-state index in [4.69, 9.17) is 10.3 Å². The minimum absolute atomic E-state index is 0.0465. The molecule has 0 saturated carbocycles. The minimum atomic E-state index is -3.68. The summed E-state index contributed by atoms with van der Waals surface area (Å²) in [6.45, 7) is 1.84. The molecule has 2 rings (SSSR count). The topological polar surface area (TPSA) is 123 Å². The molecule has 0 aromatic carbocycles. The van der Waals surface area contributed by atoms with E-state index in [0.717, 1.165) is 18.2 Å². The highest BCUT2D eigenvalue weighted by molar-refractivity contribution is 7.89. The maximum absolute atomic E-state index is 11.9. The molecule has 4 N–H and O–H groups in total. The summed E-state index contributed by atoms with van der Waals surface area (Å²) >= 11 is 0. The lowest BCUT2D eigenvalue weighted by Gasteiger charge is -2.05. The van der Waals surface area contributed by atoms with Crippen LogP contribution in [-0.4, -0.2) is 18.4 Å². The zero-order valence-corrected chi connectivity index (χ0v) is 10.9. The third-order valence-corrected chi connectivity index (χ3v) is 3.66. The SMILES string of the molecule is Cc1ccc(CNS(=O)(=O)c2cnc(NN)nc2)o1. The Labute approximate surface area is 110 Å². The molecule has 0 fully saturated rings. The number of nitrogens with one attached hydrogen (secondary N) is 2. The molecule has 0 atom stereocenters. The van der Waals surface area contributed by atoms with Crippen molar-refractivity contribution in [2.45, 2.75) is 18.4 Å². The summed E-state index contributed by atoms with van der Waals surface area (Å²) in [5.74, 6) is 6.48. The number of aromatic nitrogens is 2. The number of nitrogens with zero attached hydrogens (tertiary/aromatic N) is 2. The molecule has 0 unspecified atom stereocenters. The predicted octanol–water partition coefficient (Wildman–Crippen LogP) is 0.142. The Morgan fingerprint density at radius 1 is 1.32 bits per heavy atom. The van der Waals surface area contributed by atoms with Gasteiger partial charge in [-0.05, 0) is 19.1 Å². The maximum Gasteiger partial charge on any atom is 0.244 e. The Morgan fingerprint density at radius 3 is 2.53 bits per heavy atom. The molecule has 0 bridgehead atoms. The lowest BCUT2D eigenvalue weighted by Crippen LogP contribution is -2.23. The fourth-order valence-corrected chi connectivity index (χ4v) is 2.24. The Hall–Kier alpha value is -1.97. The van der Waals surface area contributed by atoms with Crippen LogP contribution in [0.4, 0.5) is 5.95 Å². The van der Waals surface area contributed by atoms with Gasteiger partial charge in [-0.1, -0.05) is 0 Å². The van der Waals surface area contributed by atoms with Gasteiger partial charge < -0.3 is 4.42 Å². The van der Waals surface area contributed by atoms with E-state index < -0.39 is 10.0 Å². The van der Waals surface area contributed by atoms with Crippen LogP contribution in [0.1, 0.15) is 11.5 Å². The number of furan rings is 1. The molecule has 0 aliphatic carbocycles. The van der Waals surface area contributed by atoms with Gasteiger partial charge in [0.2, 0.25) is 16.0 Å². The zero-order chi connectivity index (χ0) is 13.9. The number of hydrogen-bond donors (Lipinski definition) is 3. The van der Waals surface area contributed by atoms with Crippen LogP contribution in [0.15, 0.2) is 33.8 Å². The summed E-state index contributed by atoms with van der Waals surface area (Å²) in [5, 5.41) is 0. The van der Waals surface area contributed by atoms with E-state index in [9.17, 15) is 8.42 Å². The van der Waals surface area contributed by atoms with Crippen molar-refractivity contribution < 1.29 is 12.8 Å². The van der Waals surface area contributed by atoms with Crippen molar-refractivity contribution in [2.24, 2.45) is 5.84 Å². The molecular weight excluding hydrogens is 270 g/mol. The average Bonchev–Trinajstić information content (AvgIpc) is 2.82. The number of anilines is 1. The Kier molecular flexibility index (Phi) is 3.79. The Bertz CT molecular complexity index is 650. The van der Waals surface area contributed by atoms with Gasteiger partial charge in [-0.2, -0.15) is 0 Å². The number of rotatable bonds is 5.